The smallest absolute Gasteiger partial charge is 0.435 e. The van der Waals surface area contributed by atoms with Gasteiger partial charge in [0, 0.05) is 6.20 Å². The Morgan fingerprint density at radius 1 is 1.29 bits per heavy atom. The molecule has 0 saturated heterocycles. The van der Waals surface area contributed by atoms with Crippen molar-refractivity contribution in [1.82, 2.24) is 9.78 Å². The predicted octanol–water partition coefficient (Wildman–Crippen LogP) is 3.18. The van der Waals surface area contributed by atoms with E-state index in [0.717, 1.165) is 16.9 Å². The van der Waals surface area contributed by atoms with E-state index >= 15 is 0 Å². The fourth-order valence-corrected chi connectivity index (χ4v) is 1.81. The molecule has 2 rings (SSSR count). The van der Waals surface area contributed by atoms with Crippen LogP contribution in [0, 0.1) is 0 Å². The second kappa shape index (κ2) is 5.99. The van der Waals surface area contributed by atoms with Crippen molar-refractivity contribution in [2.75, 3.05) is 6.61 Å². The van der Waals surface area contributed by atoms with Crippen LogP contribution in [-0.2, 0) is 12.7 Å². The van der Waals surface area contributed by atoms with Gasteiger partial charge in [-0.15, -0.1) is 0 Å². The van der Waals surface area contributed by atoms with E-state index < -0.39 is 11.9 Å². The van der Waals surface area contributed by atoms with Crippen molar-refractivity contribution in [3.05, 3.63) is 47.8 Å². The number of nitrogens with zero attached hydrogens (tertiary/aromatic N) is 2. The Morgan fingerprint density at radius 2 is 2.00 bits per heavy atom. The van der Waals surface area contributed by atoms with Crippen molar-refractivity contribution >= 4 is 5.78 Å². The molecular formula is C14H13F3N2O2. The standard InChI is InChI=1S/C14H13F3N2O2/c1-2-21-12-6-4-3-5-10(12)11(20)9-19-8-7-13(18-19)14(15,16)17/h3-8H,2,9H2,1H3. The number of carbonyl (C=O) groups is 1. The number of rotatable bonds is 5. The summed E-state index contributed by atoms with van der Waals surface area (Å²) < 4.78 is 43.6. The van der Waals surface area contributed by atoms with E-state index in [-0.39, 0.29) is 12.3 Å². The van der Waals surface area contributed by atoms with Gasteiger partial charge in [-0.05, 0) is 25.1 Å². The van der Waals surface area contributed by atoms with Crippen LogP contribution in [0.3, 0.4) is 0 Å². The molecule has 4 nitrogen and oxygen atoms in total. The summed E-state index contributed by atoms with van der Waals surface area (Å²) in [5, 5.41) is 3.35. The summed E-state index contributed by atoms with van der Waals surface area (Å²) in [4.78, 5) is 12.1. The Bertz CT molecular complexity index is 635. The molecule has 0 atom stereocenters. The van der Waals surface area contributed by atoms with Gasteiger partial charge in [0.15, 0.2) is 11.5 Å². The van der Waals surface area contributed by atoms with E-state index in [9.17, 15) is 18.0 Å². The molecule has 0 unspecified atom stereocenters. The van der Waals surface area contributed by atoms with Crippen molar-refractivity contribution in [1.29, 1.82) is 0 Å². The second-order valence-electron chi connectivity index (χ2n) is 4.25. The minimum Gasteiger partial charge on any atom is -0.493 e. The average molecular weight is 298 g/mol. The van der Waals surface area contributed by atoms with Gasteiger partial charge in [0.1, 0.15) is 12.3 Å². The lowest BCUT2D eigenvalue weighted by atomic mass is 10.1. The molecule has 0 amide bonds. The van der Waals surface area contributed by atoms with Gasteiger partial charge in [-0.2, -0.15) is 18.3 Å². The Balaban J connectivity index is 2.17. The molecule has 0 spiro atoms. The van der Waals surface area contributed by atoms with Crippen LogP contribution in [0.2, 0.25) is 0 Å². The lowest BCUT2D eigenvalue weighted by Gasteiger charge is -2.09. The molecule has 0 radical (unpaired) electrons. The van der Waals surface area contributed by atoms with Crippen molar-refractivity contribution in [2.24, 2.45) is 0 Å². The number of Topliss-reactive ketones (excluding diaryl/α,β-unsaturated/α-hetero) is 1. The van der Waals surface area contributed by atoms with E-state index in [1.807, 2.05) is 0 Å². The summed E-state index contributed by atoms with van der Waals surface area (Å²) in [5.41, 5.74) is -0.697. The van der Waals surface area contributed by atoms with Gasteiger partial charge in [0.2, 0.25) is 0 Å². The number of para-hydroxylation sites is 1. The highest BCUT2D eigenvalue weighted by atomic mass is 19.4. The molecular weight excluding hydrogens is 285 g/mol. The zero-order chi connectivity index (χ0) is 15.5. The predicted molar refractivity (Wildman–Crippen MR) is 69.2 cm³/mol. The number of alkyl halides is 3. The van der Waals surface area contributed by atoms with Crippen LogP contribution in [-0.4, -0.2) is 22.2 Å². The number of carbonyl (C=O) groups excluding carboxylic acids is 1. The van der Waals surface area contributed by atoms with Crippen molar-refractivity contribution in [3.8, 4) is 5.75 Å². The third-order valence-electron chi connectivity index (χ3n) is 2.72. The molecule has 0 N–H and O–H groups in total. The minimum absolute atomic E-state index is 0.278. The highest BCUT2D eigenvalue weighted by molar-refractivity contribution is 5.98. The summed E-state index contributed by atoms with van der Waals surface area (Å²) in [7, 11) is 0. The molecule has 1 aromatic heterocycles. The Morgan fingerprint density at radius 3 is 2.62 bits per heavy atom. The topological polar surface area (TPSA) is 44.1 Å². The maximum Gasteiger partial charge on any atom is 0.435 e. The van der Waals surface area contributed by atoms with E-state index in [2.05, 4.69) is 5.10 Å². The third-order valence-corrected chi connectivity index (χ3v) is 2.72. The molecule has 0 aliphatic carbocycles. The first-order valence-electron chi connectivity index (χ1n) is 6.27. The summed E-state index contributed by atoms with van der Waals surface area (Å²) in [6, 6.07) is 7.43. The molecule has 0 fully saturated rings. The van der Waals surface area contributed by atoms with Crippen molar-refractivity contribution < 1.29 is 22.7 Å². The first-order chi connectivity index (χ1) is 9.91. The first kappa shape index (κ1) is 15.1. The molecule has 0 aliphatic heterocycles. The van der Waals surface area contributed by atoms with Crippen LogP contribution in [0.1, 0.15) is 23.0 Å². The Hall–Kier alpha value is -2.31. The number of hydrogen-bond donors (Lipinski definition) is 0. The first-order valence-corrected chi connectivity index (χ1v) is 6.27. The van der Waals surface area contributed by atoms with Gasteiger partial charge < -0.3 is 4.74 Å². The van der Waals surface area contributed by atoms with Crippen LogP contribution < -0.4 is 4.74 Å². The number of aromatic nitrogens is 2. The molecule has 7 heteroatoms. The SMILES string of the molecule is CCOc1ccccc1C(=O)Cn1ccc(C(F)(F)F)n1. The molecule has 0 aliphatic rings. The molecule has 2 aromatic rings. The second-order valence-corrected chi connectivity index (χ2v) is 4.25. The molecule has 1 aromatic carbocycles. The van der Waals surface area contributed by atoms with Crippen LogP contribution >= 0.6 is 0 Å². The van der Waals surface area contributed by atoms with Gasteiger partial charge >= 0.3 is 6.18 Å². The molecule has 1 heterocycles. The minimum atomic E-state index is -4.52. The molecule has 0 bridgehead atoms. The number of ether oxygens (including phenoxy) is 1. The Labute approximate surface area is 119 Å². The van der Waals surface area contributed by atoms with Gasteiger partial charge in [-0.25, -0.2) is 0 Å². The maximum absolute atomic E-state index is 12.4. The monoisotopic (exact) mass is 298 g/mol. The number of ketones is 1. The number of hydrogen-bond acceptors (Lipinski definition) is 3. The summed E-state index contributed by atoms with van der Waals surface area (Å²) >= 11 is 0. The van der Waals surface area contributed by atoms with E-state index in [4.69, 9.17) is 4.74 Å². The largest absolute Gasteiger partial charge is 0.493 e. The lowest BCUT2D eigenvalue weighted by Crippen LogP contribution is -2.14. The fourth-order valence-electron chi connectivity index (χ4n) is 1.81. The van der Waals surface area contributed by atoms with Crippen LogP contribution in [0.15, 0.2) is 36.5 Å². The molecule has 112 valence electrons. The highest BCUT2D eigenvalue weighted by Crippen LogP contribution is 2.27. The molecule has 0 saturated carbocycles. The van der Waals surface area contributed by atoms with E-state index in [1.165, 1.54) is 0 Å². The Kier molecular flexibility index (Phi) is 4.30. The summed E-state index contributed by atoms with van der Waals surface area (Å²) in [5.74, 6) is 0.0454. The van der Waals surface area contributed by atoms with Gasteiger partial charge in [-0.1, -0.05) is 12.1 Å². The van der Waals surface area contributed by atoms with Crippen molar-refractivity contribution in [3.63, 3.8) is 0 Å². The number of benzene rings is 1. The van der Waals surface area contributed by atoms with E-state index in [0.29, 0.717) is 17.9 Å². The van der Waals surface area contributed by atoms with Gasteiger partial charge in [0.25, 0.3) is 0 Å². The van der Waals surface area contributed by atoms with Crippen LogP contribution in [0.5, 0.6) is 5.75 Å². The zero-order valence-electron chi connectivity index (χ0n) is 11.2. The molecule has 21 heavy (non-hydrogen) atoms. The van der Waals surface area contributed by atoms with Crippen LogP contribution in [0.4, 0.5) is 13.2 Å². The maximum atomic E-state index is 12.4. The lowest BCUT2D eigenvalue weighted by molar-refractivity contribution is -0.141. The summed E-state index contributed by atoms with van der Waals surface area (Å²) in [6.07, 6.45) is -3.39. The normalized spacial score (nSPS) is 11.4. The highest BCUT2D eigenvalue weighted by Gasteiger charge is 2.33. The van der Waals surface area contributed by atoms with Gasteiger partial charge in [0.05, 0.1) is 12.2 Å². The van der Waals surface area contributed by atoms with Crippen LogP contribution in [0.25, 0.3) is 0 Å². The van der Waals surface area contributed by atoms with Crippen molar-refractivity contribution in [2.45, 2.75) is 19.6 Å². The third kappa shape index (κ3) is 3.62. The average Bonchev–Trinajstić information content (AvgIpc) is 2.88. The van der Waals surface area contributed by atoms with Gasteiger partial charge in [-0.3, -0.25) is 9.48 Å². The summed E-state index contributed by atoms with van der Waals surface area (Å²) in [6.45, 7) is 1.90. The number of halogens is 3. The quantitative estimate of drug-likeness (QED) is 0.796. The zero-order valence-corrected chi connectivity index (χ0v) is 11.2. The van der Waals surface area contributed by atoms with E-state index in [1.54, 1.807) is 31.2 Å². The fraction of sp³-hybridized carbons (Fsp3) is 0.286.